The van der Waals surface area contributed by atoms with E-state index in [9.17, 15) is 19.1 Å². The maximum atomic E-state index is 14.1. The lowest BCUT2D eigenvalue weighted by Crippen LogP contribution is -2.56. The van der Waals surface area contributed by atoms with E-state index in [0.717, 1.165) is 84.6 Å². The van der Waals surface area contributed by atoms with E-state index in [1.165, 1.54) is 31.4 Å². The van der Waals surface area contributed by atoms with Gasteiger partial charge in [-0.05, 0) is 86.0 Å². The molecule has 68 heavy (non-hydrogen) atoms. The number of nitrogens with one attached hydrogen (secondary N) is 2. The number of aromatic nitrogens is 4. The second kappa shape index (κ2) is 23.8. The van der Waals surface area contributed by atoms with Gasteiger partial charge in [-0.2, -0.15) is 5.10 Å². The van der Waals surface area contributed by atoms with Crippen LogP contribution in [-0.4, -0.2) is 104 Å². The van der Waals surface area contributed by atoms with Gasteiger partial charge in [-0.25, -0.2) is 14.4 Å². The summed E-state index contributed by atoms with van der Waals surface area (Å²) in [6.07, 6.45) is 14.2. The maximum absolute atomic E-state index is 14.1. The molecule has 0 aliphatic carbocycles. The third kappa shape index (κ3) is 13.4. The van der Waals surface area contributed by atoms with Gasteiger partial charge < -0.3 is 36.0 Å². The number of nitrogens with zero attached hydrogens (tertiary/aromatic N) is 6. The van der Waals surface area contributed by atoms with Crippen LogP contribution >= 0.6 is 34.5 Å². The molecule has 3 aromatic heterocycles. The first-order chi connectivity index (χ1) is 32.7. The van der Waals surface area contributed by atoms with Crippen molar-refractivity contribution in [3.8, 4) is 27.3 Å². The minimum absolute atomic E-state index is 0.00608. The highest BCUT2D eigenvalue weighted by molar-refractivity contribution is 7.13. The minimum atomic E-state index is -0.742. The normalized spacial score (nSPS) is 17.4. The van der Waals surface area contributed by atoms with Crippen molar-refractivity contribution in [1.29, 1.82) is 0 Å². The van der Waals surface area contributed by atoms with Crippen LogP contribution < -0.4 is 21.1 Å². The van der Waals surface area contributed by atoms with Crippen LogP contribution in [0.15, 0.2) is 66.6 Å². The van der Waals surface area contributed by atoms with Crippen LogP contribution in [0.5, 0.6) is 5.75 Å². The fourth-order valence-corrected chi connectivity index (χ4v) is 10.6. The predicted molar refractivity (Wildman–Crippen MR) is 269 cm³/mol. The molecule has 2 aliphatic rings. The van der Waals surface area contributed by atoms with Gasteiger partial charge in [0.25, 0.3) is 0 Å². The Balaban J connectivity index is 0.770. The number of anilines is 1. The van der Waals surface area contributed by atoms with Crippen molar-refractivity contribution in [3.63, 3.8) is 0 Å². The van der Waals surface area contributed by atoms with Gasteiger partial charge in [0.2, 0.25) is 11.8 Å². The number of piperidine rings is 1. The average Bonchev–Trinajstić information content (AvgIpc) is 4.09. The SMILES string of the molecule is Cc1ncsc1-c1ccc(CNC(=O)[C@@H]2C[C@@H](O)CN2C(=O)[C@@H](NCCCCCCCCN2CCC(n3cc(-c4cnc(N)c(OCCc5c(Cl)ccc(F)c5Cl)c4)cn3)CC2)C(C)(C)C)cc1. The molecule has 0 spiro atoms. The number of halogens is 3. The molecule has 2 saturated heterocycles. The van der Waals surface area contributed by atoms with Crippen molar-refractivity contribution < 1.29 is 23.8 Å². The van der Waals surface area contributed by atoms with Gasteiger partial charge in [0.1, 0.15) is 11.9 Å². The summed E-state index contributed by atoms with van der Waals surface area (Å²) >= 11 is 14.0. The summed E-state index contributed by atoms with van der Waals surface area (Å²) in [5, 5.41) is 22.3. The summed E-state index contributed by atoms with van der Waals surface area (Å²) in [6, 6.07) is 11.8. The van der Waals surface area contributed by atoms with Crippen LogP contribution in [-0.2, 0) is 22.6 Å². The number of pyridine rings is 1. The molecule has 13 nitrogen and oxygen atoms in total. The largest absolute Gasteiger partial charge is 0.489 e. The zero-order chi connectivity index (χ0) is 48.4. The van der Waals surface area contributed by atoms with E-state index in [1.54, 1.807) is 22.4 Å². The van der Waals surface area contributed by atoms with E-state index in [2.05, 4.69) is 36.4 Å². The second-order valence-electron chi connectivity index (χ2n) is 19.3. The molecule has 366 valence electrons. The van der Waals surface area contributed by atoms with E-state index < -0.39 is 24.0 Å². The quantitative estimate of drug-likeness (QED) is 0.0412. The number of carbonyl (C=O) groups is 2. The fraction of sp³-hybridized carbons (Fsp3) is 0.510. The molecule has 2 aromatic carbocycles. The van der Waals surface area contributed by atoms with Crippen LogP contribution in [0.4, 0.5) is 10.2 Å². The molecule has 2 aliphatic heterocycles. The number of hydrogen-bond acceptors (Lipinski definition) is 11. The van der Waals surface area contributed by atoms with Gasteiger partial charge in [-0.1, -0.05) is 93.9 Å². The summed E-state index contributed by atoms with van der Waals surface area (Å²) < 4.78 is 22.0. The first-order valence-corrected chi connectivity index (χ1v) is 25.6. The number of rotatable bonds is 21. The topological polar surface area (TPSA) is 164 Å². The van der Waals surface area contributed by atoms with Gasteiger partial charge in [0, 0.05) is 67.6 Å². The van der Waals surface area contributed by atoms with Gasteiger partial charge in [-0.15, -0.1) is 11.3 Å². The Morgan fingerprint density at radius 1 is 0.985 bits per heavy atom. The molecule has 17 heteroatoms. The molecule has 3 atom stereocenters. The number of thiazole rings is 1. The summed E-state index contributed by atoms with van der Waals surface area (Å²) in [4.78, 5) is 41.5. The fourth-order valence-electron chi connectivity index (χ4n) is 9.19. The van der Waals surface area contributed by atoms with Crippen molar-refractivity contribution in [2.24, 2.45) is 5.41 Å². The molecular formula is C51H66Cl2FN9O4S. The van der Waals surface area contributed by atoms with Gasteiger partial charge in [0.05, 0.1) is 52.1 Å². The monoisotopic (exact) mass is 989 g/mol. The van der Waals surface area contributed by atoms with Crippen molar-refractivity contribution in [2.75, 3.05) is 45.1 Å². The number of likely N-dealkylation sites (tertiary alicyclic amines) is 2. The first-order valence-electron chi connectivity index (χ1n) is 23.9. The van der Waals surface area contributed by atoms with E-state index in [1.807, 2.05) is 69.7 Å². The van der Waals surface area contributed by atoms with Crippen LogP contribution in [0.25, 0.3) is 21.6 Å². The molecule has 2 fully saturated rings. The van der Waals surface area contributed by atoms with E-state index in [0.29, 0.717) is 41.9 Å². The highest BCUT2D eigenvalue weighted by Crippen LogP contribution is 2.32. The summed E-state index contributed by atoms with van der Waals surface area (Å²) in [7, 11) is 0. The highest BCUT2D eigenvalue weighted by atomic mass is 35.5. The molecule has 5 heterocycles. The number of benzene rings is 2. The number of aliphatic hydroxyl groups is 1. The predicted octanol–water partition coefficient (Wildman–Crippen LogP) is 9.29. The number of hydrogen-bond donors (Lipinski definition) is 4. The Morgan fingerprint density at radius 3 is 2.44 bits per heavy atom. The van der Waals surface area contributed by atoms with E-state index >= 15 is 0 Å². The summed E-state index contributed by atoms with van der Waals surface area (Å²) in [5.41, 5.74) is 12.9. The van der Waals surface area contributed by atoms with E-state index in [-0.39, 0.29) is 47.6 Å². The molecule has 7 rings (SSSR count). The summed E-state index contributed by atoms with van der Waals surface area (Å²) in [6.45, 7) is 12.7. The van der Waals surface area contributed by atoms with Crippen LogP contribution in [0.1, 0.15) is 101 Å². The van der Waals surface area contributed by atoms with E-state index in [4.69, 9.17) is 38.8 Å². The van der Waals surface area contributed by atoms with Crippen LogP contribution in [0.2, 0.25) is 10.0 Å². The van der Waals surface area contributed by atoms with Crippen molar-refractivity contribution in [2.45, 2.75) is 123 Å². The van der Waals surface area contributed by atoms with Gasteiger partial charge in [-0.3, -0.25) is 14.3 Å². The number of amides is 2. The Kier molecular flexibility index (Phi) is 17.9. The number of nitrogens with two attached hydrogens (primary N) is 1. The number of β-amino-alcohol motifs (C(OH)–C–C–N with tert-alkyl or cyclic N) is 1. The lowest BCUT2D eigenvalue weighted by Gasteiger charge is -2.35. The number of aliphatic hydroxyl groups excluding tert-OH is 1. The molecule has 0 saturated carbocycles. The van der Waals surface area contributed by atoms with Crippen LogP contribution in [0, 0.1) is 18.2 Å². The smallest absolute Gasteiger partial charge is 0.243 e. The lowest BCUT2D eigenvalue weighted by atomic mass is 9.85. The minimum Gasteiger partial charge on any atom is -0.489 e. The number of nitrogen functional groups attached to an aromatic ring is 1. The average molecular weight is 991 g/mol. The molecular weight excluding hydrogens is 925 g/mol. The van der Waals surface area contributed by atoms with Crippen molar-refractivity contribution in [1.82, 2.24) is 40.2 Å². The standard InChI is InChI=1S/C51H66Cl2FN9O4S/c1-33-46(68-32-59-33)35-13-11-34(12-14-35)27-58-49(65)43-26-39(64)31-62(43)50(66)47(51(2,3)4)56-20-9-7-5-6-8-10-21-61-22-17-38(18-23-61)63-30-37(29-60-63)36-25-44(48(55)57-28-36)67-24-19-40-41(52)15-16-42(54)45(40)53/h11-16,25,28-30,32,38-39,43,47,56,64H,5-10,17-24,26-27,31H2,1-4H3,(H2,55,57)(H,58,65)/t39-,43+,47-/m1/s1. The number of unbranched alkanes of at least 4 members (excludes halogenated alkanes) is 5. The van der Waals surface area contributed by atoms with Crippen molar-refractivity contribution in [3.05, 3.63) is 99.2 Å². The number of carbonyl (C=O) groups excluding carboxylic acids is 2. The zero-order valence-electron chi connectivity index (χ0n) is 39.7. The second-order valence-corrected chi connectivity index (χ2v) is 20.9. The highest BCUT2D eigenvalue weighted by Gasteiger charge is 2.43. The maximum Gasteiger partial charge on any atom is 0.243 e. The zero-order valence-corrected chi connectivity index (χ0v) is 42.0. The molecule has 0 unspecified atom stereocenters. The third-order valence-corrected chi connectivity index (χ3v) is 14.9. The Labute approximate surface area is 414 Å². The first kappa shape index (κ1) is 51.2. The molecule has 0 bridgehead atoms. The Bertz CT molecular complexity index is 2450. The molecule has 5 aromatic rings. The third-order valence-electron chi connectivity index (χ3n) is 13.2. The van der Waals surface area contributed by atoms with Crippen LogP contribution in [0.3, 0.4) is 0 Å². The molecule has 0 radical (unpaired) electrons. The Hall–Kier alpha value is -4.64. The Morgan fingerprint density at radius 2 is 1.72 bits per heavy atom. The van der Waals surface area contributed by atoms with Gasteiger partial charge >= 0.3 is 0 Å². The van der Waals surface area contributed by atoms with Crippen molar-refractivity contribution >= 4 is 52.2 Å². The molecule has 2 amide bonds. The molecule has 5 N–H and O–H groups in total. The number of aryl methyl sites for hydroxylation is 1. The summed E-state index contributed by atoms with van der Waals surface area (Å²) in [5.74, 6) is -0.218. The lowest BCUT2D eigenvalue weighted by molar-refractivity contribution is -0.142. The number of ether oxygens (including phenoxy) is 1. The van der Waals surface area contributed by atoms with Gasteiger partial charge in [0.15, 0.2) is 11.6 Å².